The van der Waals surface area contributed by atoms with Gasteiger partial charge in [0, 0.05) is 27.9 Å². The van der Waals surface area contributed by atoms with Crippen molar-refractivity contribution in [1.82, 2.24) is 21.2 Å². The van der Waals surface area contributed by atoms with Gasteiger partial charge in [-0.1, -0.05) is 74.8 Å². The van der Waals surface area contributed by atoms with Gasteiger partial charge in [0.25, 0.3) is 5.91 Å². The molecule has 40 heavy (non-hydrogen) atoms. The van der Waals surface area contributed by atoms with E-state index >= 15 is 0 Å². The van der Waals surface area contributed by atoms with Crippen molar-refractivity contribution >= 4 is 47.2 Å². The summed E-state index contributed by atoms with van der Waals surface area (Å²) in [6.07, 6.45) is 4.52. The van der Waals surface area contributed by atoms with E-state index in [2.05, 4.69) is 62.5 Å². The van der Waals surface area contributed by atoms with Crippen LogP contribution in [0, 0.1) is 16.7 Å². The van der Waals surface area contributed by atoms with Gasteiger partial charge in [-0.15, -0.1) is 0 Å². The second kappa shape index (κ2) is 13.7. The number of halogens is 2. The molecule has 216 valence electrons. The van der Waals surface area contributed by atoms with E-state index in [1.165, 1.54) is 0 Å². The van der Waals surface area contributed by atoms with E-state index < -0.39 is 5.66 Å². The molecule has 0 aromatic heterocycles. The van der Waals surface area contributed by atoms with Gasteiger partial charge in [-0.2, -0.15) is 5.53 Å². The summed E-state index contributed by atoms with van der Waals surface area (Å²) >= 11 is 12.6. The number of nitrogens with two attached hydrogens (primary N) is 1. The second-order valence-corrected chi connectivity index (χ2v) is 12.2. The summed E-state index contributed by atoms with van der Waals surface area (Å²) in [6, 6.07) is 13.5. The Morgan fingerprint density at radius 2 is 1.73 bits per heavy atom. The number of hydrogen-bond acceptors (Lipinski definition) is 7. The first kappa shape index (κ1) is 31.8. The molecule has 0 atom stereocenters. The number of amides is 1. The van der Waals surface area contributed by atoms with E-state index in [-0.39, 0.29) is 11.3 Å². The molecule has 0 radical (unpaired) electrons. The molecular formula is C30H41Cl2N7O. The fraction of sp³-hybridized carbons (Fsp3) is 0.433. The Kier molecular flexibility index (Phi) is 10.9. The van der Waals surface area contributed by atoms with Crippen molar-refractivity contribution in [2.45, 2.75) is 58.5 Å². The molecule has 10 heteroatoms. The molecule has 1 amide bonds. The van der Waals surface area contributed by atoms with E-state index in [9.17, 15) is 4.79 Å². The van der Waals surface area contributed by atoms with Crippen LogP contribution in [0.3, 0.4) is 0 Å². The second-order valence-electron chi connectivity index (χ2n) is 11.3. The van der Waals surface area contributed by atoms with E-state index in [0.29, 0.717) is 40.5 Å². The van der Waals surface area contributed by atoms with Gasteiger partial charge in [0.15, 0.2) is 0 Å². The molecule has 1 aliphatic carbocycles. The lowest BCUT2D eigenvalue weighted by Crippen LogP contribution is -2.50. The molecule has 0 unspecified atom stereocenters. The summed E-state index contributed by atoms with van der Waals surface area (Å²) < 4.78 is 0. The molecule has 6 N–H and O–H groups in total. The lowest BCUT2D eigenvalue weighted by molar-refractivity contribution is -0.129. The van der Waals surface area contributed by atoms with Gasteiger partial charge in [0.05, 0.1) is 6.67 Å². The van der Waals surface area contributed by atoms with Crippen molar-refractivity contribution in [3.05, 3.63) is 75.8 Å². The average Bonchev–Trinajstić information content (AvgIpc) is 3.18. The predicted molar refractivity (Wildman–Crippen MR) is 166 cm³/mol. The molecular weight excluding hydrogens is 545 g/mol. The normalized spacial score (nSPS) is 20.6. The van der Waals surface area contributed by atoms with E-state index in [4.69, 9.17) is 39.4 Å². The van der Waals surface area contributed by atoms with Crippen molar-refractivity contribution in [2.75, 3.05) is 13.2 Å². The molecule has 2 aromatic rings. The van der Waals surface area contributed by atoms with Crippen molar-refractivity contribution in [3.63, 3.8) is 0 Å². The quantitative estimate of drug-likeness (QED) is 0.0868. The molecule has 8 nitrogen and oxygen atoms in total. The zero-order valence-electron chi connectivity index (χ0n) is 23.6. The minimum atomic E-state index is -0.523. The molecule has 1 heterocycles. The van der Waals surface area contributed by atoms with E-state index in [1.807, 2.05) is 17.0 Å². The molecule has 2 aromatic carbocycles. The Hall–Kier alpha value is -2.75. The van der Waals surface area contributed by atoms with Crippen LogP contribution in [0.5, 0.6) is 0 Å². The number of rotatable bonds is 9. The molecule has 0 saturated heterocycles. The van der Waals surface area contributed by atoms with Crippen LogP contribution in [-0.4, -0.2) is 42.1 Å². The molecule has 2 aliphatic rings. The first-order valence-electron chi connectivity index (χ1n) is 13.5. The smallest absolute Gasteiger partial charge is 0.274 e. The summed E-state index contributed by atoms with van der Waals surface area (Å²) in [7, 11) is 0. The molecule has 1 aliphatic heterocycles. The van der Waals surface area contributed by atoms with Crippen molar-refractivity contribution in [3.8, 4) is 0 Å². The van der Waals surface area contributed by atoms with Crippen LogP contribution in [0.15, 0.2) is 54.0 Å². The third kappa shape index (κ3) is 7.50. The largest absolute Gasteiger partial charge is 0.371 e. The van der Waals surface area contributed by atoms with Crippen molar-refractivity contribution < 1.29 is 4.79 Å². The summed E-state index contributed by atoms with van der Waals surface area (Å²) in [5, 5.41) is 9.64. The fourth-order valence-electron chi connectivity index (χ4n) is 5.57. The molecule has 1 fully saturated rings. The topological polar surface area (TPSA) is 119 Å². The molecule has 4 rings (SSSR count). The van der Waals surface area contributed by atoms with Crippen molar-refractivity contribution in [1.29, 1.82) is 5.41 Å². The van der Waals surface area contributed by atoms with Gasteiger partial charge in [0.1, 0.15) is 11.4 Å². The molecule has 0 bridgehead atoms. The van der Waals surface area contributed by atoms with Gasteiger partial charge >= 0.3 is 0 Å². The highest BCUT2D eigenvalue weighted by Crippen LogP contribution is 2.46. The summed E-state index contributed by atoms with van der Waals surface area (Å²) in [4.78, 5) is 21.0. The highest BCUT2D eigenvalue weighted by atomic mass is 35.5. The number of nitrogens with one attached hydrogen (secondary N) is 4. The number of benzene rings is 2. The standard InChI is InChI=1S/C29H38Cl2N6O.CH3N/c1-19(33-18-34-36-32)21-7-5-20(6-8-21)11-14-37-27(38)26(22-15-24(30)17-25(31)16-22)35-29(37)12-9-23(10-13-29)28(2,3)4;1-2/h5-8,15-17,23,33-34,36H,1,9-14,18,32H2,2-4H3;2H,1H2. The van der Waals surface area contributed by atoms with Crippen LogP contribution in [0.4, 0.5) is 0 Å². The first-order chi connectivity index (χ1) is 19.0. The fourth-order valence-corrected chi connectivity index (χ4v) is 6.09. The zero-order chi connectivity index (χ0) is 29.5. The van der Waals surface area contributed by atoms with Gasteiger partial charge in [-0.05, 0) is 79.5 Å². The number of carbonyl (C=O) groups is 1. The minimum Gasteiger partial charge on any atom is -0.371 e. The van der Waals surface area contributed by atoms with Crippen LogP contribution < -0.4 is 22.1 Å². The number of hydrogen-bond donors (Lipinski definition) is 5. The van der Waals surface area contributed by atoms with E-state index in [0.717, 1.165) is 48.9 Å². The van der Waals surface area contributed by atoms with Crippen LogP contribution in [-0.2, 0) is 11.2 Å². The monoisotopic (exact) mass is 585 g/mol. The number of carbonyl (C=O) groups excluding carboxylic acids is 1. The predicted octanol–water partition coefficient (Wildman–Crippen LogP) is 5.55. The maximum Gasteiger partial charge on any atom is 0.274 e. The maximum absolute atomic E-state index is 13.8. The lowest BCUT2D eigenvalue weighted by Gasteiger charge is -2.45. The van der Waals surface area contributed by atoms with Gasteiger partial charge in [-0.3, -0.25) is 15.6 Å². The van der Waals surface area contributed by atoms with Crippen LogP contribution in [0.25, 0.3) is 5.70 Å². The Morgan fingerprint density at radius 1 is 1.12 bits per heavy atom. The Morgan fingerprint density at radius 3 is 2.27 bits per heavy atom. The summed E-state index contributed by atoms with van der Waals surface area (Å²) in [6.45, 7) is 14.5. The van der Waals surface area contributed by atoms with Crippen LogP contribution in [0.1, 0.15) is 63.1 Å². The van der Waals surface area contributed by atoms with Crippen LogP contribution in [0.2, 0.25) is 10.0 Å². The summed E-state index contributed by atoms with van der Waals surface area (Å²) in [5.41, 5.74) is 8.93. The third-order valence-corrected chi connectivity index (χ3v) is 8.27. The maximum atomic E-state index is 13.8. The van der Waals surface area contributed by atoms with Gasteiger partial charge in [-0.25, -0.2) is 5.43 Å². The lowest BCUT2D eigenvalue weighted by atomic mass is 9.69. The van der Waals surface area contributed by atoms with Crippen LogP contribution >= 0.6 is 23.2 Å². The highest BCUT2D eigenvalue weighted by Gasteiger charge is 2.49. The molecule has 1 spiro atoms. The SMILES string of the molecule is C=C(NCNNN)c1ccc(CCN2C(=O)C(c3cc(Cl)cc(Cl)c3)=NC23CCC(C(C)(C)C)CC3)cc1.C=N. The van der Waals surface area contributed by atoms with Gasteiger partial charge in [0.2, 0.25) is 0 Å². The zero-order valence-corrected chi connectivity index (χ0v) is 25.1. The number of nitrogens with zero attached hydrogens (tertiary/aromatic N) is 2. The Balaban J connectivity index is 0.00000216. The first-order valence-corrected chi connectivity index (χ1v) is 14.2. The van der Waals surface area contributed by atoms with Crippen molar-refractivity contribution in [2.24, 2.45) is 22.2 Å². The number of hydrazine groups is 2. The average molecular weight is 587 g/mol. The molecule has 1 saturated carbocycles. The highest BCUT2D eigenvalue weighted by molar-refractivity contribution is 6.47. The number of aliphatic imine (C=N–C) groups is 1. The van der Waals surface area contributed by atoms with Gasteiger partial charge < -0.3 is 15.6 Å². The Bertz CT molecular complexity index is 1200. The van der Waals surface area contributed by atoms with E-state index in [1.54, 1.807) is 18.2 Å². The Labute approximate surface area is 247 Å². The summed E-state index contributed by atoms with van der Waals surface area (Å²) in [5.74, 6) is 5.78. The third-order valence-electron chi connectivity index (χ3n) is 7.84. The minimum absolute atomic E-state index is 0.0484.